The summed E-state index contributed by atoms with van der Waals surface area (Å²) in [6.07, 6.45) is 5.11. The maximum Gasteiger partial charge on any atom is 0.315 e. The molecule has 24 heavy (non-hydrogen) atoms. The van der Waals surface area contributed by atoms with Crippen LogP contribution >= 0.6 is 0 Å². The molecule has 0 aliphatic carbocycles. The second-order valence-corrected chi connectivity index (χ2v) is 6.96. The molecule has 1 heterocycles. The highest BCUT2D eigenvalue weighted by Crippen LogP contribution is 2.17. The van der Waals surface area contributed by atoms with Gasteiger partial charge in [-0.15, -0.1) is 0 Å². The molecule has 2 amide bonds. The van der Waals surface area contributed by atoms with Gasteiger partial charge in [-0.3, -0.25) is 4.90 Å². The Labute approximate surface area is 144 Å². The number of likely N-dealkylation sites (tertiary alicyclic amines) is 1. The summed E-state index contributed by atoms with van der Waals surface area (Å²) < 4.78 is 13.1. The molecule has 0 aromatic heterocycles. The van der Waals surface area contributed by atoms with Crippen LogP contribution in [0.5, 0.6) is 0 Å². The van der Waals surface area contributed by atoms with Gasteiger partial charge in [0.25, 0.3) is 0 Å². The van der Waals surface area contributed by atoms with Gasteiger partial charge in [-0.2, -0.15) is 0 Å². The Morgan fingerprint density at radius 1 is 1.17 bits per heavy atom. The predicted octanol–water partition coefficient (Wildman–Crippen LogP) is 3.53. The third-order valence-corrected chi connectivity index (χ3v) is 4.69. The molecule has 134 valence electrons. The monoisotopic (exact) mass is 335 g/mol. The number of halogens is 1. The molecule has 1 aliphatic heterocycles. The van der Waals surface area contributed by atoms with E-state index < -0.39 is 0 Å². The number of urea groups is 1. The summed E-state index contributed by atoms with van der Waals surface area (Å²) in [5, 5.41) is 5.78. The van der Waals surface area contributed by atoms with Crippen molar-refractivity contribution in [2.24, 2.45) is 5.92 Å². The standard InChI is InChI=1S/C19H30FN3O/c1-15(2)18(23-10-5-3-4-6-11-23)14-22-19(24)21-13-16-8-7-9-17(20)12-16/h7-9,12,15,18H,3-6,10-11,13-14H2,1-2H3,(H2,21,22,24). The zero-order valence-electron chi connectivity index (χ0n) is 14.9. The molecular formula is C19H30FN3O. The number of carbonyl (C=O) groups is 1. The molecule has 0 saturated carbocycles. The lowest BCUT2D eigenvalue weighted by Crippen LogP contribution is -2.49. The summed E-state index contributed by atoms with van der Waals surface area (Å²) in [6, 6.07) is 6.46. The van der Waals surface area contributed by atoms with Crippen molar-refractivity contribution in [1.82, 2.24) is 15.5 Å². The number of nitrogens with zero attached hydrogens (tertiary/aromatic N) is 1. The van der Waals surface area contributed by atoms with Gasteiger partial charge in [0.15, 0.2) is 0 Å². The summed E-state index contributed by atoms with van der Waals surface area (Å²) in [6.45, 7) is 7.64. The molecule has 1 aromatic rings. The van der Waals surface area contributed by atoms with E-state index in [2.05, 4.69) is 29.4 Å². The van der Waals surface area contributed by atoms with E-state index in [1.54, 1.807) is 12.1 Å². The van der Waals surface area contributed by atoms with Crippen molar-refractivity contribution in [3.63, 3.8) is 0 Å². The summed E-state index contributed by atoms with van der Waals surface area (Å²) in [7, 11) is 0. The highest BCUT2D eigenvalue weighted by atomic mass is 19.1. The van der Waals surface area contributed by atoms with Crippen LogP contribution in [0.3, 0.4) is 0 Å². The van der Waals surface area contributed by atoms with E-state index in [1.165, 1.54) is 37.8 Å². The molecule has 1 atom stereocenters. The number of hydrogen-bond acceptors (Lipinski definition) is 2. The Morgan fingerprint density at radius 2 is 1.88 bits per heavy atom. The maximum atomic E-state index is 13.1. The minimum absolute atomic E-state index is 0.195. The fraction of sp³-hybridized carbons (Fsp3) is 0.632. The summed E-state index contributed by atoms with van der Waals surface area (Å²) in [5.74, 6) is 0.211. The normalized spacial score (nSPS) is 17.3. The minimum atomic E-state index is -0.282. The van der Waals surface area contributed by atoms with Gasteiger partial charge in [0.1, 0.15) is 5.82 Å². The molecule has 1 aromatic carbocycles. The molecule has 0 radical (unpaired) electrons. The Bertz CT molecular complexity index is 513. The largest absolute Gasteiger partial charge is 0.337 e. The van der Waals surface area contributed by atoms with Crippen molar-refractivity contribution >= 4 is 6.03 Å². The van der Waals surface area contributed by atoms with Crippen LogP contribution in [-0.2, 0) is 6.54 Å². The molecule has 1 saturated heterocycles. The van der Waals surface area contributed by atoms with Crippen LogP contribution in [0.25, 0.3) is 0 Å². The Morgan fingerprint density at radius 3 is 2.50 bits per heavy atom. The molecule has 0 bridgehead atoms. The van der Waals surface area contributed by atoms with E-state index in [1.807, 2.05) is 0 Å². The number of nitrogens with one attached hydrogen (secondary N) is 2. The summed E-state index contributed by atoms with van der Waals surface area (Å²) >= 11 is 0. The molecule has 0 spiro atoms. The minimum Gasteiger partial charge on any atom is -0.337 e. The van der Waals surface area contributed by atoms with E-state index in [9.17, 15) is 9.18 Å². The van der Waals surface area contributed by atoms with E-state index >= 15 is 0 Å². The molecular weight excluding hydrogens is 305 g/mol. The van der Waals surface area contributed by atoms with E-state index in [4.69, 9.17) is 0 Å². The van der Waals surface area contributed by atoms with Crippen LogP contribution in [0.2, 0.25) is 0 Å². The van der Waals surface area contributed by atoms with Crippen molar-refractivity contribution in [2.45, 2.75) is 52.1 Å². The first kappa shape index (κ1) is 18.7. The van der Waals surface area contributed by atoms with Gasteiger partial charge < -0.3 is 10.6 Å². The molecule has 1 unspecified atom stereocenters. The second-order valence-electron chi connectivity index (χ2n) is 6.96. The van der Waals surface area contributed by atoms with Crippen LogP contribution in [0.4, 0.5) is 9.18 Å². The topological polar surface area (TPSA) is 44.4 Å². The third kappa shape index (κ3) is 6.11. The lowest BCUT2D eigenvalue weighted by molar-refractivity contribution is 0.157. The quantitative estimate of drug-likeness (QED) is 0.835. The van der Waals surface area contributed by atoms with Gasteiger partial charge in [0.05, 0.1) is 0 Å². The molecule has 2 N–H and O–H groups in total. The van der Waals surface area contributed by atoms with Crippen LogP contribution < -0.4 is 10.6 Å². The summed E-state index contributed by atoms with van der Waals surface area (Å²) in [5.41, 5.74) is 0.762. The zero-order valence-corrected chi connectivity index (χ0v) is 14.9. The number of carbonyl (C=O) groups excluding carboxylic acids is 1. The van der Waals surface area contributed by atoms with E-state index in [-0.39, 0.29) is 11.8 Å². The predicted molar refractivity (Wildman–Crippen MR) is 95.3 cm³/mol. The van der Waals surface area contributed by atoms with Crippen molar-refractivity contribution in [2.75, 3.05) is 19.6 Å². The molecule has 1 fully saturated rings. The number of hydrogen-bond donors (Lipinski definition) is 2. The van der Waals surface area contributed by atoms with Gasteiger partial charge in [-0.05, 0) is 49.5 Å². The van der Waals surface area contributed by atoms with Crippen molar-refractivity contribution in [1.29, 1.82) is 0 Å². The number of amides is 2. The fourth-order valence-electron chi connectivity index (χ4n) is 3.30. The fourth-order valence-corrected chi connectivity index (χ4v) is 3.30. The average Bonchev–Trinajstić information content (AvgIpc) is 2.82. The lowest BCUT2D eigenvalue weighted by atomic mass is 10.0. The van der Waals surface area contributed by atoms with Crippen LogP contribution in [0.15, 0.2) is 24.3 Å². The van der Waals surface area contributed by atoms with Crippen molar-refractivity contribution in [3.05, 3.63) is 35.6 Å². The lowest BCUT2D eigenvalue weighted by Gasteiger charge is -2.33. The maximum absolute atomic E-state index is 13.1. The first-order chi connectivity index (χ1) is 11.6. The average molecular weight is 335 g/mol. The first-order valence-corrected chi connectivity index (χ1v) is 9.06. The first-order valence-electron chi connectivity index (χ1n) is 9.06. The van der Waals surface area contributed by atoms with E-state index in [0.717, 1.165) is 18.7 Å². The van der Waals surface area contributed by atoms with Crippen molar-refractivity contribution in [3.8, 4) is 0 Å². The van der Waals surface area contributed by atoms with Gasteiger partial charge in [0.2, 0.25) is 0 Å². The summed E-state index contributed by atoms with van der Waals surface area (Å²) in [4.78, 5) is 14.6. The third-order valence-electron chi connectivity index (χ3n) is 4.69. The number of benzene rings is 1. The Kier molecular flexibility index (Phi) is 7.50. The highest BCUT2D eigenvalue weighted by Gasteiger charge is 2.23. The second kappa shape index (κ2) is 9.62. The van der Waals surface area contributed by atoms with Gasteiger partial charge in [-0.25, -0.2) is 9.18 Å². The van der Waals surface area contributed by atoms with Crippen LogP contribution in [-0.4, -0.2) is 36.6 Å². The van der Waals surface area contributed by atoms with E-state index in [0.29, 0.717) is 25.0 Å². The van der Waals surface area contributed by atoms with Crippen LogP contribution in [0, 0.1) is 11.7 Å². The smallest absolute Gasteiger partial charge is 0.315 e. The molecule has 1 aliphatic rings. The molecule has 4 nitrogen and oxygen atoms in total. The SMILES string of the molecule is CC(C)C(CNC(=O)NCc1cccc(F)c1)N1CCCCCC1. The van der Waals surface area contributed by atoms with Crippen LogP contribution in [0.1, 0.15) is 45.1 Å². The number of rotatable bonds is 6. The Hall–Kier alpha value is -1.62. The zero-order chi connectivity index (χ0) is 17.4. The highest BCUT2D eigenvalue weighted by molar-refractivity contribution is 5.73. The van der Waals surface area contributed by atoms with Gasteiger partial charge in [0, 0.05) is 19.1 Å². The molecule has 5 heteroatoms. The van der Waals surface area contributed by atoms with Gasteiger partial charge in [-0.1, -0.05) is 38.8 Å². The Balaban J connectivity index is 1.79. The molecule has 2 rings (SSSR count). The van der Waals surface area contributed by atoms with Crippen molar-refractivity contribution < 1.29 is 9.18 Å². The van der Waals surface area contributed by atoms with Gasteiger partial charge >= 0.3 is 6.03 Å².